The van der Waals surface area contributed by atoms with Crippen LogP contribution in [-0.2, 0) is 9.84 Å². The summed E-state index contributed by atoms with van der Waals surface area (Å²) >= 11 is 0. The molecule has 2 aromatic carbocycles. The van der Waals surface area contributed by atoms with E-state index in [2.05, 4.69) is 0 Å². The van der Waals surface area contributed by atoms with Gasteiger partial charge in [0.15, 0.2) is 21.4 Å². The first-order valence-corrected chi connectivity index (χ1v) is 9.94. The number of sulfone groups is 1. The lowest BCUT2D eigenvalue weighted by Crippen LogP contribution is -2.12. The summed E-state index contributed by atoms with van der Waals surface area (Å²) in [5.74, 6) is -0.534. The van der Waals surface area contributed by atoms with Gasteiger partial charge in [-0.25, -0.2) is 8.42 Å². The van der Waals surface area contributed by atoms with Crippen molar-refractivity contribution in [3.8, 4) is 0 Å². The summed E-state index contributed by atoms with van der Waals surface area (Å²) in [6, 6.07) is 13.1. The predicted molar refractivity (Wildman–Crippen MR) is 97.9 cm³/mol. The van der Waals surface area contributed by atoms with Crippen LogP contribution in [0.4, 0.5) is 0 Å². The van der Waals surface area contributed by atoms with E-state index in [1.54, 1.807) is 48.5 Å². The molecule has 0 unspecified atom stereocenters. The van der Waals surface area contributed by atoms with Gasteiger partial charge in [-0.3, -0.25) is 9.59 Å². The molecule has 0 saturated carbocycles. The van der Waals surface area contributed by atoms with Crippen LogP contribution in [0.5, 0.6) is 0 Å². The monoisotopic (exact) mass is 358 g/mol. The van der Waals surface area contributed by atoms with Crippen LogP contribution >= 0.6 is 0 Å². The van der Waals surface area contributed by atoms with E-state index in [4.69, 9.17) is 0 Å². The number of hydrogen-bond acceptors (Lipinski definition) is 4. The normalized spacial score (nSPS) is 11.3. The van der Waals surface area contributed by atoms with E-state index in [-0.39, 0.29) is 28.6 Å². The van der Waals surface area contributed by atoms with Crippen molar-refractivity contribution in [2.24, 2.45) is 0 Å². The molecule has 0 spiro atoms. The second-order valence-electron chi connectivity index (χ2n) is 6.06. The smallest absolute Gasteiger partial charge is 0.178 e. The van der Waals surface area contributed by atoms with Crippen molar-refractivity contribution in [1.29, 1.82) is 0 Å². The van der Waals surface area contributed by atoms with Crippen molar-refractivity contribution in [3.05, 3.63) is 65.2 Å². The minimum absolute atomic E-state index is 0.00979. The van der Waals surface area contributed by atoms with Crippen LogP contribution in [0.3, 0.4) is 0 Å². The molecule has 0 heterocycles. The molecule has 2 aromatic rings. The highest BCUT2D eigenvalue weighted by Gasteiger charge is 2.17. The number of hydrogen-bond donors (Lipinski definition) is 0. The average molecular weight is 358 g/mol. The number of rotatable bonds is 8. The molecule has 0 N–H and O–H groups in total. The largest absolute Gasteiger partial charge is 0.294 e. The van der Waals surface area contributed by atoms with Crippen molar-refractivity contribution in [3.63, 3.8) is 0 Å². The number of carbonyl (C=O) groups excluding carboxylic acids is 2. The Balaban J connectivity index is 2.08. The zero-order chi connectivity index (χ0) is 18.4. The number of ketones is 2. The molecule has 0 fully saturated rings. The third-order valence-corrected chi connectivity index (χ3v) is 5.69. The van der Waals surface area contributed by atoms with Gasteiger partial charge in [0.1, 0.15) is 0 Å². The molecule has 0 aliphatic rings. The second kappa shape index (κ2) is 8.21. The van der Waals surface area contributed by atoms with Gasteiger partial charge in [-0.1, -0.05) is 42.8 Å². The Morgan fingerprint density at radius 2 is 1.44 bits per heavy atom. The predicted octanol–water partition coefficient (Wildman–Crippen LogP) is 4.02. The lowest BCUT2D eigenvalue weighted by atomic mass is 10.0. The van der Waals surface area contributed by atoms with Gasteiger partial charge in [0.2, 0.25) is 0 Å². The topological polar surface area (TPSA) is 68.3 Å². The molecule has 0 bridgehead atoms. The number of aryl methyl sites for hydroxylation is 1. The fourth-order valence-electron chi connectivity index (χ4n) is 2.47. The summed E-state index contributed by atoms with van der Waals surface area (Å²) < 4.78 is 24.7. The molecule has 0 radical (unpaired) electrons. The van der Waals surface area contributed by atoms with E-state index in [9.17, 15) is 18.0 Å². The van der Waals surface area contributed by atoms with Gasteiger partial charge in [-0.15, -0.1) is 0 Å². The minimum atomic E-state index is -3.50. The van der Waals surface area contributed by atoms with Crippen molar-refractivity contribution >= 4 is 21.4 Å². The van der Waals surface area contributed by atoms with Crippen LogP contribution in [0.1, 0.15) is 52.5 Å². The highest BCUT2D eigenvalue weighted by atomic mass is 32.2. The zero-order valence-electron chi connectivity index (χ0n) is 14.5. The summed E-state index contributed by atoms with van der Waals surface area (Å²) in [4.78, 5) is 24.5. The first kappa shape index (κ1) is 19.1. The summed E-state index contributed by atoms with van der Waals surface area (Å²) in [6.07, 6.45) is 1.06. The lowest BCUT2D eigenvalue weighted by molar-refractivity contribution is 0.0981. The van der Waals surface area contributed by atoms with Crippen molar-refractivity contribution in [2.45, 2.75) is 38.0 Å². The highest BCUT2D eigenvalue weighted by Crippen LogP contribution is 2.16. The van der Waals surface area contributed by atoms with Crippen molar-refractivity contribution < 1.29 is 18.0 Å². The van der Waals surface area contributed by atoms with E-state index in [1.807, 2.05) is 13.8 Å². The molecule has 0 atom stereocenters. The molecule has 0 saturated heterocycles. The maximum Gasteiger partial charge on any atom is 0.178 e. The fraction of sp³-hybridized carbons (Fsp3) is 0.300. The van der Waals surface area contributed by atoms with Crippen molar-refractivity contribution in [2.75, 3.05) is 5.75 Å². The van der Waals surface area contributed by atoms with Crippen LogP contribution in [0, 0.1) is 6.92 Å². The molecule has 0 amide bonds. The Bertz CT molecular complexity index is 865. The Morgan fingerprint density at radius 1 is 0.880 bits per heavy atom. The molecule has 5 heteroatoms. The van der Waals surface area contributed by atoms with E-state index < -0.39 is 9.84 Å². The van der Waals surface area contributed by atoms with Gasteiger partial charge in [0, 0.05) is 24.0 Å². The lowest BCUT2D eigenvalue weighted by Gasteiger charge is -2.06. The molecule has 132 valence electrons. The number of Topliss-reactive ketones (excluding diaryl/α,β-unsaturated/α-hetero) is 2. The third kappa shape index (κ3) is 5.10. The van der Waals surface area contributed by atoms with Gasteiger partial charge in [0.05, 0.1) is 10.6 Å². The molecule has 0 aliphatic heterocycles. The molecular formula is C20H22O4S. The maximum atomic E-state index is 12.3. The van der Waals surface area contributed by atoms with Gasteiger partial charge in [-0.2, -0.15) is 0 Å². The first-order chi connectivity index (χ1) is 11.8. The first-order valence-electron chi connectivity index (χ1n) is 8.29. The summed E-state index contributed by atoms with van der Waals surface area (Å²) in [5, 5.41) is 0. The fourth-order valence-corrected chi connectivity index (χ4v) is 3.71. The van der Waals surface area contributed by atoms with Crippen LogP contribution in [0.15, 0.2) is 53.4 Å². The average Bonchev–Trinajstić information content (AvgIpc) is 2.60. The highest BCUT2D eigenvalue weighted by molar-refractivity contribution is 7.91. The molecule has 4 nitrogen and oxygen atoms in total. The molecular weight excluding hydrogens is 336 g/mol. The number of benzene rings is 2. The van der Waals surface area contributed by atoms with Gasteiger partial charge in [0.25, 0.3) is 0 Å². The van der Waals surface area contributed by atoms with E-state index in [0.717, 1.165) is 12.0 Å². The standard InChI is InChI=1S/C20H22O4S/c1-3-5-19(21)16-6-4-7-17(14-16)20(22)12-13-25(23,24)18-10-8-15(2)9-11-18/h4,6-11,14H,3,5,12-13H2,1-2H3. The van der Waals surface area contributed by atoms with Gasteiger partial charge in [-0.05, 0) is 31.5 Å². The Hall–Kier alpha value is -2.27. The zero-order valence-corrected chi connectivity index (χ0v) is 15.3. The van der Waals surface area contributed by atoms with Crippen LogP contribution in [0.2, 0.25) is 0 Å². The van der Waals surface area contributed by atoms with Crippen LogP contribution < -0.4 is 0 Å². The second-order valence-corrected chi connectivity index (χ2v) is 8.17. The van der Waals surface area contributed by atoms with E-state index in [1.165, 1.54) is 0 Å². The Labute approximate surface area is 148 Å². The number of carbonyl (C=O) groups is 2. The Morgan fingerprint density at radius 3 is 2.00 bits per heavy atom. The Kier molecular flexibility index (Phi) is 6.26. The maximum absolute atomic E-state index is 12.3. The summed E-state index contributed by atoms with van der Waals surface area (Å²) in [7, 11) is -3.50. The van der Waals surface area contributed by atoms with E-state index in [0.29, 0.717) is 17.5 Å². The quantitative estimate of drug-likeness (QED) is 0.668. The van der Waals surface area contributed by atoms with Gasteiger partial charge < -0.3 is 0 Å². The molecule has 0 aromatic heterocycles. The molecule has 2 rings (SSSR count). The van der Waals surface area contributed by atoms with Gasteiger partial charge >= 0.3 is 0 Å². The van der Waals surface area contributed by atoms with E-state index >= 15 is 0 Å². The summed E-state index contributed by atoms with van der Waals surface area (Å²) in [5.41, 5.74) is 1.85. The van der Waals surface area contributed by atoms with Crippen LogP contribution in [0.25, 0.3) is 0 Å². The van der Waals surface area contributed by atoms with Crippen molar-refractivity contribution in [1.82, 2.24) is 0 Å². The minimum Gasteiger partial charge on any atom is -0.294 e. The third-order valence-electron chi connectivity index (χ3n) is 3.96. The van der Waals surface area contributed by atoms with Crippen LogP contribution in [-0.4, -0.2) is 25.7 Å². The molecule has 25 heavy (non-hydrogen) atoms. The molecule has 0 aliphatic carbocycles. The SMILES string of the molecule is CCCC(=O)c1cccc(C(=O)CCS(=O)(=O)c2ccc(C)cc2)c1. The summed E-state index contributed by atoms with van der Waals surface area (Å²) in [6.45, 7) is 3.80.